The van der Waals surface area contributed by atoms with E-state index in [1.807, 2.05) is 17.0 Å². The molecule has 2 heterocycles. The third kappa shape index (κ3) is 4.07. The number of carbonyl (C=O) groups is 1. The number of anilines is 2. The van der Waals surface area contributed by atoms with Gasteiger partial charge in [0.2, 0.25) is 0 Å². The van der Waals surface area contributed by atoms with Crippen molar-refractivity contribution in [2.75, 3.05) is 24.5 Å². The topological polar surface area (TPSA) is 35.6 Å². The third-order valence-corrected chi connectivity index (χ3v) is 6.07. The predicted octanol–water partition coefficient (Wildman–Crippen LogP) is 4.90. The SMILES string of the molecule is CCCCN1CCC(NC(=O)N2c3ccccc3CCc3ccccc32)CC1. The molecule has 2 aromatic rings. The van der Waals surface area contributed by atoms with Gasteiger partial charge in [0.25, 0.3) is 0 Å². The van der Waals surface area contributed by atoms with Crippen LogP contribution in [0.2, 0.25) is 0 Å². The number of hydrogen-bond donors (Lipinski definition) is 1. The first-order chi connectivity index (χ1) is 13.8. The molecular weight excluding hydrogens is 346 g/mol. The summed E-state index contributed by atoms with van der Waals surface area (Å²) >= 11 is 0. The molecule has 4 heteroatoms. The van der Waals surface area contributed by atoms with Crippen molar-refractivity contribution in [3.8, 4) is 0 Å². The maximum absolute atomic E-state index is 13.4. The fourth-order valence-corrected chi connectivity index (χ4v) is 4.42. The van der Waals surface area contributed by atoms with Gasteiger partial charge in [-0.15, -0.1) is 0 Å². The number of para-hydroxylation sites is 2. The minimum Gasteiger partial charge on any atom is -0.335 e. The van der Waals surface area contributed by atoms with Gasteiger partial charge in [-0.05, 0) is 61.9 Å². The lowest BCUT2D eigenvalue weighted by Gasteiger charge is -2.34. The van der Waals surface area contributed by atoms with E-state index < -0.39 is 0 Å². The van der Waals surface area contributed by atoms with Gasteiger partial charge < -0.3 is 10.2 Å². The molecule has 4 nitrogen and oxygen atoms in total. The molecular formula is C24H31N3O. The molecule has 28 heavy (non-hydrogen) atoms. The molecule has 1 saturated heterocycles. The van der Waals surface area contributed by atoms with Crippen molar-refractivity contribution in [3.05, 3.63) is 59.7 Å². The number of unbranched alkanes of at least 4 members (excludes halogenated alkanes) is 1. The number of carbonyl (C=O) groups excluding carboxylic acids is 1. The Bertz CT molecular complexity index is 764. The van der Waals surface area contributed by atoms with Gasteiger partial charge >= 0.3 is 6.03 Å². The Morgan fingerprint density at radius 2 is 1.54 bits per heavy atom. The first-order valence-corrected chi connectivity index (χ1v) is 10.7. The van der Waals surface area contributed by atoms with Crippen LogP contribution in [0.5, 0.6) is 0 Å². The van der Waals surface area contributed by atoms with Crippen LogP contribution in [-0.2, 0) is 12.8 Å². The highest BCUT2D eigenvalue weighted by molar-refractivity contribution is 6.01. The van der Waals surface area contributed by atoms with Crippen LogP contribution in [0, 0.1) is 0 Å². The number of benzene rings is 2. The van der Waals surface area contributed by atoms with Crippen LogP contribution in [0.25, 0.3) is 0 Å². The lowest BCUT2D eigenvalue weighted by Crippen LogP contribution is -2.48. The van der Waals surface area contributed by atoms with Crippen molar-refractivity contribution in [2.24, 2.45) is 0 Å². The highest BCUT2D eigenvalue weighted by Crippen LogP contribution is 2.36. The third-order valence-electron chi connectivity index (χ3n) is 6.07. The van der Waals surface area contributed by atoms with Crippen molar-refractivity contribution < 1.29 is 4.79 Å². The van der Waals surface area contributed by atoms with E-state index in [2.05, 4.69) is 53.5 Å². The minimum atomic E-state index is 0.00816. The lowest BCUT2D eigenvalue weighted by atomic mass is 10.0. The van der Waals surface area contributed by atoms with Gasteiger partial charge in [0.1, 0.15) is 0 Å². The van der Waals surface area contributed by atoms with Crippen LogP contribution < -0.4 is 10.2 Å². The molecule has 1 fully saturated rings. The quantitative estimate of drug-likeness (QED) is 0.823. The lowest BCUT2D eigenvalue weighted by molar-refractivity contribution is 0.193. The summed E-state index contributed by atoms with van der Waals surface area (Å²) in [4.78, 5) is 17.8. The highest BCUT2D eigenvalue weighted by atomic mass is 16.2. The molecule has 148 valence electrons. The summed E-state index contributed by atoms with van der Waals surface area (Å²) in [5, 5.41) is 3.34. The van der Waals surface area contributed by atoms with Crippen molar-refractivity contribution in [1.82, 2.24) is 10.2 Å². The van der Waals surface area contributed by atoms with Gasteiger partial charge in [-0.1, -0.05) is 49.7 Å². The average molecular weight is 378 g/mol. The molecule has 0 unspecified atom stereocenters. The molecule has 4 rings (SSSR count). The fraction of sp³-hybridized carbons (Fsp3) is 0.458. The first-order valence-electron chi connectivity index (χ1n) is 10.7. The number of urea groups is 1. The molecule has 0 radical (unpaired) electrons. The van der Waals surface area contributed by atoms with Crippen molar-refractivity contribution in [3.63, 3.8) is 0 Å². The second kappa shape index (κ2) is 8.78. The largest absolute Gasteiger partial charge is 0.335 e. The minimum absolute atomic E-state index is 0.00816. The van der Waals surface area contributed by atoms with Crippen LogP contribution in [-0.4, -0.2) is 36.6 Å². The molecule has 0 atom stereocenters. The van der Waals surface area contributed by atoms with E-state index in [0.29, 0.717) is 0 Å². The molecule has 0 saturated carbocycles. The number of nitrogens with zero attached hydrogens (tertiary/aromatic N) is 2. The number of likely N-dealkylation sites (tertiary alicyclic amines) is 1. The maximum atomic E-state index is 13.4. The molecule has 1 N–H and O–H groups in total. The standard InChI is InChI=1S/C24H31N3O/c1-2-3-16-26-17-14-21(15-18-26)25-24(28)27-22-10-6-4-8-19(22)12-13-20-9-5-7-11-23(20)27/h4-11,21H,2-3,12-18H2,1H3,(H,25,28). The van der Waals surface area contributed by atoms with Crippen LogP contribution >= 0.6 is 0 Å². The Balaban J connectivity index is 1.51. The van der Waals surface area contributed by atoms with Gasteiger partial charge in [-0.2, -0.15) is 0 Å². The van der Waals surface area contributed by atoms with Crippen LogP contribution in [0.4, 0.5) is 16.2 Å². The number of nitrogens with one attached hydrogen (secondary N) is 1. The van der Waals surface area contributed by atoms with E-state index in [4.69, 9.17) is 0 Å². The summed E-state index contributed by atoms with van der Waals surface area (Å²) in [7, 11) is 0. The zero-order chi connectivity index (χ0) is 19.3. The van der Waals surface area contributed by atoms with Crippen molar-refractivity contribution in [2.45, 2.75) is 51.5 Å². The number of amides is 2. The highest BCUT2D eigenvalue weighted by Gasteiger charge is 2.28. The smallest absolute Gasteiger partial charge is 0.326 e. The van der Waals surface area contributed by atoms with Crippen molar-refractivity contribution >= 4 is 17.4 Å². The summed E-state index contributed by atoms with van der Waals surface area (Å²) in [5.74, 6) is 0. The normalized spacial score (nSPS) is 17.5. The number of fused-ring (bicyclic) bond motifs is 2. The van der Waals surface area contributed by atoms with E-state index >= 15 is 0 Å². The molecule has 0 aromatic heterocycles. The Labute approximate surface area is 168 Å². The van der Waals surface area contributed by atoms with Gasteiger partial charge in [0.15, 0.2) is 0 Å². The van der Waals surface area contributed by atoms with E-state index in [9.17, 15) is 4.79 Å². The first kappa shape index (κ1) is 19.0. The molecule has 2 aliphatic rings. The van der Waals surface area contributed by atoms with E-state index in [1.54, 1.807) is 0 Å². The summed E-state index contributed by atoms with van der Waals surface area (Å²) in [5.41, 5.74) is 4.52. The summed E-state index contributed by atoms with van der Waals surface area (Å²) in [6.45, 7) is 5.59. The second-order valence-corrected chi connectivity index (χ2v) is 8.01. The Morgan fingerprint density at radius 3 is 2.11 bits per heavy atom. The van der Waals surface area contributed by atoms with Gasteiger partial charge in [0.05, 0.1) is 11.4 Å². The van der Waals surface area contributed by atoms with E-state index in [0.717, 1.165) is 50.1 Å². The Morgan fingerprint density at radius 1 is 0.964 bits per heavy atom. The number of rotatable bonds is 4. The molecule has 2 aromatic carbocycles. The summed E-state index contributed by atoms with van der Waals surface area (Å²) in [6, 6.07) is 16.9. The van der Waals surface area contributed by atoms with Gasteiger partial charge in [0, 0.05) is 19.1 Å². The number of piperidine rings is 1. The second-order valence-electron chi connectivity index (χ2n) is 8.01. The number of hydrogen-bond acceptors (Lipinski definition) is 2. The average Bonchev–Trinajstić information content (AvgIpc) is 2.90. The molecule has 2 amide bonds. The Kier molecular flexibility index (Phi) is 5.96. The zero-order valence-corrected chi connectivity index (χ0v) is 16.9. The van der Waals surface area contributed by atoms with Gasteiger partial charge in [-0.3, -0.25) is 4.90 Å². The summed E-state index contributed by atoms with van der Waals surface area (Å²) in [6.07, 6.45) is 6.50. The van der Waals surface area contributed by atoms with Crippen molar-refractivity contribution in [1.29, 1.82) is 0 Å². The maximum Gasteiger partial charge on any atom is 0.326 e. The molecule has 0 spiro atoms. The van der Waals surface area contributed by atoms with E-state index in [-0.39, 0.29) is 12.1 Å². The van der Waals surface area contributed by atoms with Crippen LogP contribution in [0.15, 0.2) is 48.5 Å². The van der Waals surface area contributed by atoms with E-state index in [1.165, 1.54) is 30.5 Å². The zero-order valence-electron chi connectivity index (χ0n) is 16.9. The number of aryl methyl sites for hydroxylation is 2. The van der Waals surface area contributed by atoms with Gasteiger partial charge in [-0.25, -0.2) is 4.79 Å². The predicted molar refractivity (Wildman–Crippen MR) is 115 cm³/mol. The van der Waals surface area contributed by atoms with Crippen LogP contribution in [0.3, 0.4) is 0 Å². The molecule has 0 aliphatic carbocycles. The van der Waals surface area contributed by atoms with Crippen LogP contribution in [0.1, 0.15) is 43.7 Å². The fourth-order valence-electron chi connectivity index (χ4n) is 4.42. The molecule has 2 aliphatic heterocycles. The molecule has 0 bridgehead atoms. The monoisotopic (exact) mass is 377 g/mol. The Hall–Kier alpha value is -2.33. The summed E-state index contributed by atoms with van der Waals surface area (Å²) < 4.78 is 0.